The predicted octanol–water partition coefficient (Wildman–Crippen LogP) is 4.05. The fraction of sp³-hybridized carbons (Fsp3) is 0.350. The maximum atomic E-state index is 13.4. The third-order valence-corrected chi connectivity index (χ3v) is 4.63. The molecule has 1 saturated heterocycles. The van der Waals surface area contributed by atoms with Crippen LogP contribution in [0.3, 0.4) is 0 Å². The predicted molar refractivity (Wildman–Crippen MR) is 95.0 cm³/mol. The number of para-hydroxylation sites is 1. The Kier molecular flexibility index (Phi) is 5.02. The molecule has 5 heteroatoms. The van der Waals surface area contributed by atoms with E-state index >= 15 is 0 Å². The molecule has 0 aromatic heterocycles. The van der Waals surface area contributed by atoms with Crippen molar-refractivity contribution in [3.8, 4) is 0 Å². The zero-order valence-corrected chi connectivity index (χ0v) is 14.5. The average molecular weight is 344 g/mol. The molecule has 0 spiro atoms. The standard InChI is InChI=1S/C20H22F2N2O/c1-14(2)16-5-3-4-6-19(16)23-9-11-24(12-10-23)20(25)15-7-8-17(21)18(22)13-15/h3-8,13-14H,9-12H2,1-2H3. The summed E-state index contributed by atoms with van der Waals surface area (Å²) in [5.41, 5.74) is 2.69. The van der Waals surface area contributed by atoms with Crippen LogP contribution in [0.25, 0.3) is 0 Å². The molecule has 1 fully saturated rings. The van der Waals surface area contributed by atoms with Gasteiger partial charge in [-0.15, -0.1) is 0 Å². The molecule has 3 rings (SSSR count). The number of amides is 1. The molecule has 1 heterocycles. The van der Waals surface area contributed by atoms with Crippen LogP contribution in [0.15, 0.2) is 42.5 Å². The Morgan fingerprint density at radius 3 is 2.28 bits per heavy atom. The molecule has 132 valence electrons. The van der Waals surface area contributed by atoms with Gasteiger partial charge in [0.2, 0.25) is 0 Å². The van der Waals surface area contributed by atoms with Crippen molar-refractivity contribution in [1.29, 1.82) is 0 Å². The quantitative estimate of drug-likeness (QED) is 0.839. The molecule has 0 radical (unpaired) electrons. The van der Waals surface area contributed by atoms with Gasteiger partial charge in [0, 0.05) is 37.4 Å². The van der Waals surface area contributed by atoms with Gasteiger partial charge in [-0.3, -0.25) is 4.79 Å². The highest BCUT2D eigenvalue weighted by molar-refractivity contribution is 5.94. The maximum absolute atomic E-state index is 13.4. The lowest BCUT2D eigenvalue weighted by Crippen LogP contribution is -2.49. The average Bonchev–Trinajstić information content (AvgIpc) is 2.63. The Bertz CT molecular complexity index is 768. The lowest BCUT2D eigenvalue weighted by Gasteiger charge is -2.37. The van der Waals surface area contributed by atoms with E-state index in [1.807, 2.05) is 12.1 Å². The summed E-state index contributed by atoms with van der Waals surface area (Å²) in [4.78, 5) is 16.5. The van der Waals surface area contributed by atoms with E-state index in [0.717, 1.165) is 25.2 Å². The normalized spacial score (nSPS) is 14.9. The van der Waals surface area contributed by atoms with Crippen LogP contribution in [-0.2, 0) is 0 Å². The number of hydrogen-bond donors (Lipinski definition) is 0. The maximum Gasteiger partial charge on any atom is 0.254 e. The van der Waals surface area contributed by atoms with Gasteiger partial charge < -0.3 is 9.80 Å². The van der Waals surface area contributed by atoms with Crippen molar-refractivity contribution in [3.63, 3.8) is 0 Å². The molecule has 0 N–H and O–H groups in total. The first kappa shape index (κ1) is 17.4. The number of piperazine rings is 1. The van der Waals surface area contributed by atoms with Gasteiger partial charge in [-0.1, -0.05) is 32.0 Å². The van der Waals surface area contributed by atoms with E-state index in [1.54, 1.807) is 4.90 Å². The summed E-state index contributed by atoms with van der Waals surface area (Å²) in [5, 5.41) is 0. The second-order valence-electron chi connectivity index (χ2n) is 6.62. The summed E-state index contributed by atoms with van der Waals surface area (Å²) in [6.07, 6.45) is 0. The molecule has 1 aliphatic rings. The fourth-order valence-electron chi connectivity index (χ4n) is 3.23. The van der Waals surface area contributed by atoms with Crippen molar-refractivity contribution in [1.82, 2.24) is 4.90 Å². The Morgan fingerprint density at radius 1 is 0.960 bits per heavy atom. The minimum Gasteiger partial charge on any atom is -0.368 e. The lowest BCUT2D eigenvalue weighted by atomic mass is 10.00. The van der Waals surface area contributed by atoms with E-state index in [-0.39, 0.29) is 11.5 Å². The molecule has 3 nitrogen and oxygen atoms in total. The van der Waals surface area contributed by atoms with E-state index < -0.39 is 11.6 Å². The zero-order chi connectivity index (χ0) is 18.0. The summed E-state index contributed by atoms with van der Waals surface area (Å²) in [6, 6.07) is 11.6. The monoisotopic (exact) mass is 344 g/mol. The van der Waals surface area contributed by atoms with Crippen LogP contribution in [0.2, 0.25) is 0 Å². The van der Waals surface area contributed by atoms with Crippen LogP contribution in [-0.4, -0.2) is 37.0 Å². The van der Waals surface area contributed by atoms with Crippen LogP contribution in [0.4, 0.5) is 14.5 Å². The van der Waals surface area contributed by atoms with E-state index in [4.69, 9.17) is 0 Å². The molecule has 0 saturated carbocycles. The number of nitrogens with zero attached hydrogens (tertiary/aromatic N) is 2. The molecule has 2 aromatic rings. The largest absolute Gasteiger partial charge is 0.368 e. The number of carbonyl (C=O) groups is 1. The van der Waals surface area contributed by atoms with Gasteiger partial charge >= 0.3 is 0 Å². The molecule has 0 atom stereocenters. The summed E-state index contributed by atoms with van der Waals surface area (Å²) in [6.45, 7) is 6.90. The highest BCUT2D eigenvalue weighted by Crippen LogP contribution is 2.28. The van der Waals surface area contributed by atoms with Gasteiger partial charge in [-0.05, 0) is 35.7 Å². The first-order valence-electron chi connectivity index (χ1n) is 8.55. The zero-order valence-electron chi connectivity index (χ0n) is 14.5. The van der Waals surface area contributed by atoms with Crippen molar-refractivity contribution >= 4 is 11.6 Å². The third-order valence-electron chi connectivity index (χ3n) is 4.63. The smallest absolute Gasteiger partial charge is 0.254 e. The molecule has 1 amide bonds. The Hall–Kier alpha value is -2.43. The van der Waals surface area contributed by atoms with Crippen LogP contribution in [0.1, 0.15) is 35.7 Å². The van der Waals surface area contributed by atoms with Crippen LogP contribution < -0.4 is 4.90 Å². The summed E-state index contributed by atoms with van der Waals surface area (Å²) in [5.74, 6) is -1.75. The number of halogens is 2. The molecule has 0 unspecified atom stereocenters. The van der Waals surface area contributed by atoms with Gasteiger partial charge in [-0.25, -0.2) is 8.78 Å². The van der Waals surface area contributed by atoms with Crippen LogP contribution >= 0.6 is 0 Å². The molecule has 1 aliphatic heterocycles. The van der Waals surface area contributed by atoms with E-state index in [9.17, 15) is 13.6 Å². The summed E-state index contributed by atoms with van der Waals surface area (Å²) >= 11 is 0. The number of hydrogen-bond acceptors (Lipinski definition) is 2. The van der Waals surface area contributed by atoms with E-state index in [0.29, 0.717) is 19.0 Å². The molecule has 0 bridgehead atoms. The van der Waals surface area contributed by atoms with Crippen molar-refractivity contribution in [2.75, 3.05) is 31.1 Å². The second kappa shape index (κ2) is 7.21. The van der Waals surface area contributed by atoms with Crippen molar-refractivity contribution < 1.29 is 13.6 Å². The highest BCUT2D eigenvalue weighted by atomic mass is 19.2. The summed E-state index contributed by atoms with van der Waals surface area (Å²) < 4.78 is 26.4. The van der Waals surface area contributed by atoms with Crippen molar-refractivity contribution in [3.05, 3.63) is 65.2 Å². The van der Waals surface area contributed by atoms with Gasteiger partial charge in [0.25, 0.3) is 5.91 Å². The number of rotatable bonds is 3. The number of benzene rings is 2. The van der Waals surface area contributed by atoms with Crippen LogP contribution in [0, 0.1) is 11.6 Å². The van der Waals surface area contributed by atoms with Gasteiger partial charge in [0.05, 0.1) is 0 Å². The van der Waals surface area contributed by atoms with Gasteiger partial charge in [0.1, 0.15) is 0 Å². The Labute approximate surface area is 146 Å². The number of anilines is 1. The van der Waals surface area contributed by atoms with Crippen molar-refractivity contribution in [2.24, 2.45) is 0 Å². The SMILES string of the molecule is CC(C)c1ccccc1N1CCN(C(=O)c2ccc(F)c(F)c2)CC1. The second-order valence-corrected chi connectivity index (χ2v) is 6.62. The van der Waals surface area contributed by atoms with Gasteiger partial charge in [-0.2, -0.15) is 0 Å². The Morgan fingerprint density at radius 2 is 1.64 bits per heavy atom. The molecular weight excluding hydrogens is 322 g/mol. The third kappa shape index (κ3) is 3.65. The first-order valence-corrected chi connectivity index (χ1v) is 8.55. The molecule has 2 aromatic carbocycles. The van der Waals surface area contributed by atoms with Gasteiger partial charge in [0.15, 0.2) is 11.6 Å². The van der Waals surface area contributed by atoms with Crippen molar-refractivity contribution in [2.45, 2.75) is 19.8 Å². The van der Waals surface area contributed by atoms with E-state index in [1.165, 1.54) is 17.3 Å². The fourth-order valence-corrected chi connectivity index (χ4v) is 3.23. The Balaban J connectivity index is 1.70. The lowest BCUT2D eigenvalue weighted by molar-refractivity contribution is 0.0746. The summed E-state index contributed by atoms with van der Waals surface area (Å²) in [7, 11) is 0. The minimum atomic E-state index is -0.990. The number of carbonyl (C=O) groups excluding carboxylic acids is 1. The van der Waals surface area contributed by atoms with Crippen LogP contribution in [0.5, 0.6) is 0 Å². The molecule has 25 heavy (non-hydrogen) atoms. The van der Waals surface area contributed by atoms with E-state index in [2.05, 4.69) is 30.9 Å². The molecular formula is C20H22F2N2O. The highest BCUT2D eigenvalue weighted by Gasteiger charge is 2.24. The minimum absolute atomic E-state index is 0.190. The molecule has 0 aliphatic carbocycles. The topological polar surface area (TPSA) is 23.6 Å². The first-order chi connectivity index (χ1) is 12.0.